The van der Waals surface area contributed by atoms with Gasteiger partial charge in [-0.15, -0.1) is 11.3 Å². The number of hydrogen-bond acceptors (Lipinski definition) is 4. The Balaban J connectivity index is 1.79. The Morgan fingerprint density at radius 3 is 2.18 bits per heavy atom. The highest BCUT2D eigenvalue weighted by Crippen LogP contribution is 2.33. The number of aryl methyl sites for hydroxylation is 1. The van der Waals surface area contributed by atoms with Crippen LogP contribution in [-0.2, 0) is 6.18 Å². The van der Waals surface area contributed by atoms with Crippen LogP contribution in [0.2, 0.25) is 0 Å². The summed E-state index contributed by atoms with van der Waals surface area (Å²) in [4.78, 5) is 28.2. The number of nitrogens with one attached hydrogen (secondary N) is 1. The molecule has 0 fully saturated rings. The number of primary amides is 1. The van der Waals surface area contributed by atoms with E-state index in [0.29, 0.717) is 32.4 Å². The van der Waals surface area contributed by atoms with Crippen molar-refractivity contribution in [3.8, 4) is 10.6 Å². The Kier molecular flexibility index (Phi) is 5.19. The van der Waals surface area contributed by atoms with Crippen LogP contribution < -0.4 is 11.1 Å². The van der Waals surface area contributed by atoms with Crippen LogP contribution in [0.1, 0.15) is 31.3 Å². The zero-order chi connectivity index (χ0) is 20.5. The van der Waals surface area contributed by atoms with Crippen LogP contribution in [0.25, 0.3) is 10.6 Å². The molecule has 5 nitrogen and oxygen atoms in total. The summed E-state index contributed by atoms with van der Waals surface area (Å²) in [6, 6.07) is 10.7. The second kappa shape index (κ2) is 7.43. The summed E-state index contributed by atoms with van der Waals surface area (Å²) >= 11 is 1.08. The van der Waals surface area contributed by atoms with Gasteiger partial charge in [0.1, 0.15) is 9.88 Å². The van der Waals surface area contributed by atoms with Crippen molar-refractivity contribution in [3.05, 3.63) is 70.2 Å². The highest BCUT2D eigenvalue weighted by molar-refractivity contribution is 7.17. The highest BCUT2D eigenvalue weighted by Gasteiger charge is 2.30. The molecule has 0 saturated heterocycles. The van der Waals surface area contributed by atoms with Crippen molar-refractivity contribution in [1.29, 1.82) is 0 Å². The quantitative estimate of drug-likeness (QED) is 0.671. The van der Waals surface area contributed by atoms with E-state index >= 15 is 0 Å². The summed E-state index contributed by atoms with van der Waals surface area (Å²) < 4.78 is 38.0. The van der Waals surface area contributed by atoms with Crippen molar-refractivity contribution in [1.82, 2.24) is 4.98 Å². The average Bonchev–Trinajstić information content (AvgIpc) is 3.03. The number of thiazole rings is 1. The lowest BCUT2D eigenvalue weighted by molar-refractivity contribution is -0.137. The van der Waals surface area contributed by atoms with Crippen molar-refractivity contribution in [2.24, 2.45) is 5.73 Å². The van der Waals surface area contributed by atoms with Crippen LogP contribution in [0, 0.1) is 6.92 Å². The Morgan fingerprint density at radius 2 is 1.64 bits per heavy atom. The van der Waals surface area contributed by atoms with Crippen molar-refractivity contribution in [2.75, 3.05) is 5.32 Å². The molecule has 0 atom stereocenters. The van der Waals surface area contributed by atoms with E-state index in [1.807, 2.05) is 0 Å². The average molecular weight is 405 g/mol. The maximum atomic E-state index is 12.7. The summed E-state index contributed by atoms with van der Waals surface area (Å²) in [6.45, 7) is 1.65. The highest BCUT2D eigenvalue weighted by atomic mass is 32.1. The van der Waals surface area contributed by atoms with Gasteiger partial charge in [-0.2, -0.15) is 13.2 Å². The monoisotopic (exact) mass is 405 g/mol. The number of carbonyl (C=O) groups excluding carboxylic acids is 2. The number of nitrogens with zero attached hydrogens (tertiary/aromatic N) is 1. The number of rotatable bonds is 4. The first-order valence-electron chi connectivity index (χ1n) is 8.01. The molecule has 1 aromatic heterocycles. The fourth-order valence-corrected chi connectivity index (χ4v) is 3.40. The molecule has 0 bridgehead atoms. The molecule has 0 saturated carbocycles. The van der Waals surface area contributed by atoms with Gasteiger partial charge >= 0.3 is 6.18 Å². The molecule has 2 aromatic carbocycles. The van der Waals surface area contributed by atoms with E-state index in [2.05, 4.69) is 10.3 Å². The maximum absolute atomic E-state index is 12.7. The number of aromatic nitrogens is 1. The normalized spacial score (nSPS) is 11.3. The van der Waals surface area contributed by atoms with Crippen LogP contribution in [0.15, 0.2) is 48.5 Å². The Labute approximate surface area is 162 Å². The predicted molar refractivity (Wildman–Crippen MR) is 100 cm³/mol. The molecule has 3 rings (SSSR count). The van der Waals surface area contributed by atoms with Gasteiger partial charge in [0.15, 0.2) is 0 Å². The first-order chi connectivity index (χ1) is 13.1. The first-order valence-corrected chi connectivity index (χ1v) is 8.83. The largest absolute Gasteiger partial charge is 0.416 e. The molecule has 1 heterocycles. The standard InChI is InChI=1S/C19H14F3N3O2S/c1-10-15(17(27)25-14-8-4-11(5-9-14)16(23)26)28-18(24-10)12-2-6-13(7-3-12)19(20,21)22/h2-9H,1H3,(H2,23,26)(H,25,27). The molecule has 3 aromatic rings. The topological polar surface area (TPSA) is 85.1 Å². The van der Waals surface area contributed by atoms with Crippen molar-refractivity contribution in [2.45, 2.75) is 13.1 Å². The van der Waals surface area contributed by atoms with Crippen LogP contribution in [0.5, 0.6) is 0 Å². The minimum atomic E-state index is -4.41. The molecule has 0 radical (unpaired) electrons. The van der Waals surface area contributed by atoms with E-state index in [4.69, 9.17) is 5.73 Å². The molecule has 2 amide bonds. The van der Waals surface area contributed by atoms with E-state index in [1.54, 1.807) is 19.1 Å². The van der Waals surface area contributed by atoms with Crippen LogP contribution in [0.3, 0.4) is 0 Å². The van der Waals surface area contributed by atoms with Gasteiger partial charge in [-0.25, -0.2) is 4.98 Å². The lowest BCUT2D eigenvalue weighted by atomic mass is 10.1. The minimum absolute atomic E-state index is 0.316. The Morgan fingerprint density at radius 1 is 1.04 bits per heavy atom. The SMILES string of the molecule is Cc1nc(-c2ccc(C(F)(F)F)cc2)sc1C(=O)Nc1ccc(C(N)=O)cc1. The number of carbonyl (C=O) groups is 2. The molecule has 0 aliphatic carbocycles. The number of amides is 2. The molecule has 28 heavy (non-hydrogen) atoms. The first kappa shape index (κ1) is 19.6. The van der Waals surface area contributed by atoms with Gasteiger partial charge in [0.2, 0.25) is 5.91 Å². The van der Waals surface area contributed by atoms with Crippen molar-refractivity contribution >= 4 is 28.8 Å². The molecular formula is C19H14F3N3O2S. The number of nitrogens with two attached hydrogens (primary N) is 1. The molecule has 9 heteroatoms. The third kappa shape index (κ3) is 4.20. The third-order valence-electron chi connectivity index (χ3n) is 3.89. The summed E-state index contributed by atoms with van der Waals surface area (Å²) in [5, 5.41) is 3.13. The fourth-order valence-electron chi connectivity index (χ4n) is 2.44. The minimum Gasteiger partial charge on any atom is -0.366 e. The number of benzene rings is 2. The van der Waals surface area contributed by atoms with Crippen LogP contribution in [-0.4, -0.2) is 16.8 Å². The summed E-state index contributed by atoms with van der Waals surface area (Å²) in [7, 11) is 0. The maximum Gasteiger partial charge on any atom is 0.416 e. The number of anilines is 1. The molecule has 0 aliphatic rings. The summed E-state index contributed by atoms with van der Waals surface area (Å²) in [6.07, 6.45) is -4.41. The van der Waals surface area contributed by atoms with E-state index < -0.39 is 23.6 Å². The molecule has 3 N–H and O–H groups in total. The van der Waals surface area contributed by atoms with Gasteiger partial charge in [-0.1, -0.05) is 12.1 Å². The lowest BCUT2D eigenvalue weighted by Gasteiger charge is -2.06. The van der Waals surface area contributed by atoms with Gasteiger partial charge in [-0.05, 0) is 43.3 Å². The molecular weight excluding hydrogens is 391 g/mol. The van der Waals surface area contributed by atoms with Crippen molar-refractivity contribution < 1.29 is 22.8 Å². The van der Waals surface area contributed by atoms with Crippen LogP contribution >= 0.6 is 11.3 Å². The number of hydrogen-bond donors (Lipinski definition) is 2. The van der Waals surface area contributed by atoms with Crippen LogP contribution in [0.4, 0.5) is 18.9 Å². The van der Waals surface area contributed by atoms with Crippen molar-refractivity contribution in [3.63, 3.8) is 0 Å². The predicted octanol–water partition coefficient (Wildman–Crippen LogP) is 4.49. The van der Waals surface area contributed by atoms with Gasteiger partial charge in [0.05, 0.1) is 11.3 Å². The van der Waals surface area contributed by atoms with Gasteiger partial charge in [-0.3, -0.25) is 9.59 Å². The van der Waals surface area contributed by atoms with E-state index in [-0.39, 0.29) is 0 Å². The zero-order valence-electron chi connectivity index (χ0n) is 14.5. The van der Waals surface area contributed by atoms with Gasteiger partial charge < -0.3 is 11.1 Å². The Hall–Kier alpha value is -3.20. The second-order valence-electron chi connectivity index (χ2n) is 5.90. The van der Waals surface area contributed by atoms with E-state index in [0.717, 1.165) is 23.5 Å². The molecule has 0 aliphatic heterocycles. The number of alkyl halides is 3. The second-order valence-corrected chi connectivity index (χ2v) is 6.90. The van der Waals surface area contributed by atoms with Gasteiger partial charge in [0.25, 0.3) is 5.91 Å². The lowest BCUT2D eigenvalue weighted by Crippen LogP contribution is -2.13. The molecule has 0 unspecified atom stereocenters. The third-order valence-corrected chi connectivity index (χ3v) is 5.09. The van der Waals surface area contributed by atoms with E-state index in [9.17, 15) is 22.8 Å². The number of halogens is 3. The smallest absolute Gasteiger partial charge is 0.366 e. The molecule has 0 spiro atoms. The Bertz CT molecular complexity index is 1030. The summed E-state index contributed by atoms with van der Waals surface area (Å²) in [5.41, 5.74) is 6.17. The summed E-state index contributed by atoms with van der Waals surface area (Å²) in [5.74, 6) is -0.975. The zero-order valence-corrected chi connectivity index (χ0v) is 15.3. The fraction of sp³-hybridized carbons (Fsp3) is 0.105. The van der Waals surface area contributed by atoms with Gasteiger partial charge in [0, 0.05) is 16.8 Å². The van der Waals surface area contributed by atoms with E-state index in [1.165, 1.54) is 24.3 Å². The molecule has 144 valence electrons.